The lowest BCUT2D eigenvalue weighted by atomic mass is 10.3. The van der Waals surface area contributed by atoms with Gasteiger partial charge in [0, 0.05) is 11.1 Å². The summed E-state index contributed by atoms with van der Waals surface area (Å²) < 4.78 is 5.22. The summed E-state index contributed by atoms with van der Waals surface area (Å²) in [6.45, 7) is 0. The molecule has 0 amide bonds. The van der Waals surface area contributed by atoms with Gasteiger partial charge in [-0.2, -0.15) is 4.98 Å². The fraction of sp³-hybridized carbons (Fsp3) is 0.0714. The van der Waals surface area contributed by atoms with E-state index in [1.54, 1.807) is 24.0 Å². The Labute approximate surface area is 130 Å². The molecule has 0 saturated carbocycles. The number of hydrogen-bond donors (Lipinski definition) is 1. The fourth-order valence-electron chi connectivity index (χ4n) is 1.66. The minimum atomic E-state index is 0.488. The summed E-state index contributed by atoms with van der Waals surface area (Å²) >= 11 is 7.53. The molecule has 0 aliphatic heterocycles. The van der Waals surface area contributed by atoms with E-state index in [2.05, 4.69) is 15.1 Å². The van der Waals surface area contributed by atoms with E-state index in [4.69, 9.17) is 21.9 Å². The number of hydrogen-bond acceptors (Lipinski definition) is 6. The van der Waals surface area contributed by atoms with E-state index in [-0.39, 0.29) is 0 Å². The monoisotopic (exact) mass is 318 g/mol. The maximum Gasteiger partial charge on any atom is 0.237 e. The van der Waals surface area contributed by atoms with Crippen molar-refractivity contribution in [3.8, 4) is 11.5 Å². The van der Waals surface area contributed by atoms with E-state index < -0.39 is 0 Å². The Kier molecular flexibility index (Phi) is 4.08. The second kappa shape index (κ2) is 6.15. The van der Waals surface area contributed by atoms with Gasteiger partial charge in [0.2, 0.25) is 11.7 Å². The number of nitrogens with two attached hydrogens (primary N) is 1. The highest BCUT2D eigenvalue weighted by Crippen LogP contribution is 2.28. The number of halogens is 1. The van der Waals surface area contributed by atoms with Gasteiger partial charge < -0.3 is 10.3 Å². The van der Waals surface area contributed by atoms with Crippen LogP contribution in [0.1, 0.15) is 5.89 Å². The van der Waals surface area contributed by atoms with Crippen molar-refractivity contribution in [2.75, 3.05) is 5.73 Å². The lowest BCUT2D eigenvalue weighted by Crippen LogP contribution is -1.87. The Morgan fingerprint density at radius 3 is 2.90 bits per heavy atom. The third kappa shape index (κ3) is 3.34. The smallest absolute Gasteiger partial charge is 0.237 e. The first-order valence-electron chi connectivity index (χ1n) is 6.14. The molecule has 0 aliphatic rings. The summed E-state index contributed by atoms with van der Waals surface area (Å²) in [5.74, 6) is 1.58. The zero-order valence-electron chi connectivity index (χ0n) is 10.9. The zero-order chi connectivity index (χ0) is 14.7. The minimum absolute atomic E-state index is 0.488. The number of thioether (sulfide) groups is 1. The van der Waals surface area contributed by atoms with Gasteiger partial charge in [0.05, 0.1) is 16.5 Å². The number of aromatic nitrogens is 3. The van der Waals surface area contributed by atoms with E-state index in [1.807, 2.05) is 30.3 Å². The summed E-state index contributed by atoms with van der Waals surface area (Å²) in [6.07, 6.45) is 1.69. The van der Waals surface area contributed by atoms with E-state index in [1.165, 1.54) is 0 Å². The molecule has 7 heteroatoms. The van der Waals surface area contributed by atoms with E-state index in [9.17, 15) is 0 Å². The molecule has 0 bridgehead atoms. The SMILES string of the molecule is Nc1ccc(SCc2nc(-c3ccccn3)no2)cc1Cl. The van der Waals surface area contributed by atoms with Crippen molar-refractivity contribution in [2.45, 2.75) is 10.6 Å². The first kappa shape index (κ1) is 13.9. The Hall–Kier alpha value is -2.05. The highest BCUT2D eigenvalue weighted by atomic mass is 35.5. The molecule has 0 saturated heterocycles. The van der Waals surface area contributed by atoms with Crippen LogP contribution in [0.3, 0.4) is 0 Å². The Morgan fingerprint density at radius 2 is 2.14 bits per heavy atom. The molecule has 3 aromatic rings. The van der Waals surface area contributed by atoms with Gasteiger partial charge in [-0.25, -0.2) is 0 Å². The molecule has 0 unspecified atom stereocenters. The van der Waals surface area contributed by atoms with Crippen LogP contribution in [-0.2, 0) is 5.75 Å². The molecule has 2 aromatic heterocycles. The molecule has 2 N–H and O–H groups in total. The first-order chi connectivity index (χ1) is 10.2. The van der Waals surface area contributed by atoms with Crippen molar-refractivity contribution in [3.05, 3.63) is 53.5 Å². The average Bonchev–Trinajstić information content (AvgIpc) is 2.98. The fourth-order valence-corrected chi connectivity index (χ4v) is 2.67. The van der Waals surface area contributed by atoms with E-state index >= 15 is 0 Å². The van der Waals surface area contributed by atoms with E-state index in [0.29, 0.717) is 33.9 Å². The summed E-state index contributed by atoms with van der Waals surface area (Å²) in [6, 6.07) is 11.0. The van der Waals surface area contributed by atoms with Crippen molar-refractivity contribution >= 4 is 29.1 Å². The maximum absolute atomic E-state index is 5.98. The molecular weight excluding hydrogens is 308 g/mol. The normalized spacial score (nSPS) is 10.7. The van der Waals surface area contributed by atoms with Crippen LogP contribution in [0.5, 0.6) is 0 Å². The van der Waals surface area contributed by atoms with Gasteiger partial charge in [-0.05, 0) is 30.3 Å². The van der Waals surface area contributed by atoms with Crippen LogP contribution in [0.2, 0.25) is 5.02 Å². The van der Waals surface area contributed by atoms with Gasteiger partial charge in [0.15, 0.2) is 0 Å². The molecule has 3 rings (SSSR count). The summed E-state index contributed by atoms with van der Waals surface area (Å²) in [5, 5.41) is 4.46. The molecule has 0 fully saturated rings. The van der Waals surface area contributed by atoms with Crippen LogP contribution in [0.4, 0.5) is 5.69 Å². The predicted molar refractivity (Wildman–Crippen MR) is 83.0 cm³/mol. The van der Waals surface area contributed by atoms with Crippen molar-refractivity contribution in [1.82, 2.24) is 15.1 Å². The highest BCUT2D eigenvalue weighted by Gasteiger charge is 2.10. The second-order valence-corrected chi connectivity index (χ2v) is 5.65. The summed E-state index contributed by atoms with van der Waals surface area (Å²) in [4.78, 5) is 9.49. The third-order valence-electron chi connectivity index (χ3n) is 2.70. The number of rotatable bonds is 4. The zero-order valence-corrected chi connectivity index (χ0v) is 12.4. The van der Waals surface area contributed by atoms with Crippen molar-refractivity contribution in [1.29, 1.82) is 0 Å². The standard InChI is InChI=1S/C14H11ClN4OS/c15-10-7-9(4-5-11(10)16)21-8-13-18-14(19-20-13)12-3-1-2-6-17-12/h1-7H,8,16H2. The van der Waals surface area contributed by atoms with Gasteiger partial charge in [-0.3, -0.25) is 4.98 Å². The molecule has 1 aromatic carbocycles. The van der Waals surface area contributed by atoms with Gasteiger partial charge in [-0.1, -0.05) is 22.8 Å². The minimum Gasteiger partial charge on any atom is -0.398 e. The maximum atomic E-state index is 5.98. The number of nitrogens with zero attached hydrogens (tertiary/aromatic N) is 3. The van der Waals surface area contributed by atoms with Crippen LogP contribution in [0.15, 0.2) is 52.0 Å². The average molecular weight is 319 g/mol. The molecule has 2 heterocycles. The Balaban J connectivity index is 1.69. The largest absolute Gasteiger partial charge is 0.398 e. The van der Waals surface area contributed by atoms with Crippen molar-refractivity contribution in [2.24, 2.45) is 0 Å². The van der Waals surface area contributed by atoms with Crippen molar-refractivity contribution in [3.63, 3.8) is 0 Å². The second-order valence-electron chi connectivity index (χ2n) is 4.20. The number of pyridine rings is 1. The molecule has 0 radical (unpaired) electrons. The molecule has 21 heavy (non-hydrogen) atoms. The number of nitrogen functional groups attached to an aromatic ring is 1. The number of benzene rings is 1. The molecule has 0 aliphatic carbocycles. The van der Waals surface area contributed by atoms with Gasteiger partial charge in [0.1, 0.15) is 5.69 Å². The van der Waals surface area contributed by atoms with Crippen LogP contribution >= 0.6 is 23.4 Å². The summed E-state index contributed by atoms with van der Waals surface area (Å²) in [7, 11) is 0. The molecule has 5 nitrogen and oxygen atoms in total. The van der Waals surface area contributed by atoms with Gasteiger partial charge >= 0.3 is 0 Å². The van der Waals surface area contributed by atoms with Crippen LogP contribution in [0.25, 0.3) is 11.5 Å². The van der Waals surface area contributed by atoms with Crippen LogP contribution in [-0.4, -0.2) is 15.1 Å². The molecule has 0 atom stereocenters. The lowest BCUT2D eigenvalue weighted by Gasteiger charge is -2.01. The van der Waals surface area contributed by atoms with E-state index in [0.717, 1.165) is 4.90 Å². The first-order valence-corrected chi connectivity index (χ1v) is 7.50. The number of anilines is 1. The van der Waals surface area contributed by atoms with Gasteiger partial charge in [0.25, 0.3) is 0 Å². The molecule has 0 spiro atoms. The van der Waals surface area contributed by atoms with Crippen molar-refractivity contribution < 1.29 is 4.52 Å². The summed E-state index contributed by atoms with van der Waals surface area (Å²) in [5.41, 5.74) is 6.93. The van der Waals surface area contributed by atoms with Gasteiger partial charge in [-0.15, -0.1) is 11.8 Å². The Morgan fingerprint density at radius 1 is 1.24 bits per heavy atom. The van der Waals surface area contributed by atoms with Crippen LogP contribution in [0, 0.1) is 0 Å². The van der Waals surface area contributed by atoms with Crippen LogP contribution < -0.4 is 5.73 Å². The Bertz CT molecular complexity index is 748. The highest BCUT2D eigenvalue weighted by molar-refractivity contribution is 7.98. The molecular formula is C14H11ClN4OS. The third-order valence-corrected chi connectivity index (χ3v) is 4.00. The lowest BCUT2D eigenvalue weighted by molar-refractivity contribution is 0.391. The molecule has 106 valence electrons. The topological polar surface area (TPSA) is 77.8 Å². The predicted octanol–water partition coefficient (Wildman–Crippen LogP) is 3.66. The quantitative estimate of drug-likeness (QED) is 0.584.